The number of nitrogens with zero attached hydrogens (tertiary/aromatic N) is 1. The van der Waals surface area contributed by atoms with Crippen LogP contribution in [0.4, 0.5) is 5.69 Å². The van der Waals surface area contributed by atoms with Crippen molar-refractivity contribution in [1.29, 1.82) is 0 Å². The number of fused-ring (bicyclic) bond motifs is 2. The van der Waals surface area contributed by atoms with Crippen molar-refractivity contribution in [1.82, 2.24) is 0 Å². The van der Waals surface area contributed by atoms with E-state index in [0.29, 0.717) is 6.54 Å². The molecule has 0 unspecified atom stereocenters. The molecule has 0 bridgehead atoms. The minimum Gasteiger partial charge on any atom is -0.493 e. The number of methoxy groups -OCH3 is 2. The van der Waals surface area contributed by atoms with Crippen LogP contribution in [0, 0.1) is 0 Å². The van der Waals surface area contributed by atoms with Gasteiger partial charge in [-0.25, -0.2) is 0 Å². The molecule has 4 nitrogen and oxygen atoms in total. The van der Waals surface area contributed by atoms with Gasteiger partial charge in [0, 0.05) is 24.2 Å². The first-order chi connectivity index (χ1) is 11.7. The summed E-state index contributed by atoms with van der Waals surface area (Å²) in [6.07, 6.45) is 0.807. The Morgan fingerprint density at radius 3 is 2.58 bits per heavy atom. The molecule has 0 saturated carbocycles. The highest BCUT2D eigenvalue weighted by Crippen LogP contribution is 2.47. The zero-order valence-corrected chi connectivity index (χ0v) is 14.1. The highest BCUT2D eigenvalue weighted by molar-refractivity contribution is 6.20. The van der Waals surface area contributed by atoms with Gasteiger partial charge in [-0.2, -0.15) is 0 Å². The Morgan fingerprint density at radius 2 is 1.88 bits per heavy atom. The maximum atomic E-state index is 12.1. The molecule has 0 N–H and O–H groups in total. The number of anilines is 1. The summed E-state index contributed by atoms with van der Waals surface area (Å²) in [6, 6.07) is 12.3. The van der Waals surface area contributed by atoms with Crippen molar-refractivity contribution in [2.75, 3.05) is 25.7 Å². The maximum Gasteiger partial charge on any atom is 0.223 e. The van der Waals surface area contributed by atoms with Crippen LogP contribution in [-0.2, 0) is 11.2 Å². The standard InChI is InChI=1S/C20H19NO3/c1-12(22)21-9-8-14-11-17(23-2)20(24-3)19-15-7-5-4-6-13(15)10-16(21)18(14)19/h4-7,10-11H,8-9H2,1-3H3. The molecule has 3 aromatic carbocycles. The van der Waals surface area contributed by atoms with Gasteiger partial charge in [0.2, 0.25) is 5.91 Å². The van der Waals surface area contributed by atoms with Gasteiger partial charge in [0.15, 0.2) is 11.5 Å². The molecule has 0 radical (unpaired) electrons. The molecular formula is C20H19NO3. The minimum atomic E-state index is 0.0621. The van der Waals surface area contributed by atoms with Gasteiger partial charge in [-0.05, 0) is 34.9 Å². The molecule has 24 heavy (non-hydrogen) atoms. The zero-order valence-electron chi connectivity index (χ0n) is 14.1. The summed E-state index contributed by atoms with van der Waals surface area (Å²) in [5.74, 6) is 1.52. The van der Waals surface area contributed by atoms with Crippen molar-refractivity contribution >= 4 is 33.1 Å². The first kappa shape index (κ1) is 14.8. The fourth-order valence-electron chi connectivity index (χ4n) is 3.76. The maximum absolute atomic E-state index is 12.1. The van der Waals surface area contributed by atoms with Gasteiger partial charge in [-0.15, -0.1) is 0 Å². The van der Waals surface area contributed by atoms with E-state index in [9.17, 15) is 4.79 Å². The fraction of sp³-hybridized carbons (Fsp3) is 0.250. The highest BCUT2D eigenvalue weighted by atomic mass is 16.5. The van der Waals surface area contributed by atoms with Crippen molar-refractivity contribution in [3.8, 4) is 11.5 Å². The Hall–Kier alpha value is -2.75. The normalized spacial score (nSPS) is 13.4. The largest absolute Gasteiger partial charge is 0.493 e. The molecule has 0 aliphatic carbocycles. The van der Waals surface area contributed by atoms with Crippen LogP contribution in [0.1, 0.15) is 12.5 Å². The van der Waals surface area contributed by atoms with Crippen LogP contribution in [0.3, 0.4) is 0 Å². The average molecular weight is 321 g/mol. The zero-order chi connectivity index (χ0) is 16.8. The molecule has 3 aromatic rings. The van der Waals surface area contributed by atoms with Crippen LogP contribution < -0.4 is 14.4 Å². The molecule has 0 spiro atoms. The summed E-state index contributed by atoms with van der Waals surface area (Å²) in [5.41, 5.74) is 2.15. The highest BCUT2D eigenvalue weighted by Gasteiger charge is 2.26. The third kappa shape index (κ3) is 1.96. The lowest BCUT2D eigenvalue weighted by atomic mass is 9.91. The van der Waals surface area contributed by atoms with E-state index in [4.69, 9.17) is 9.47 Å². The van der Waals surface area contributed by atoms with Gasteiger partial charge >= 0.3 is 0 Å². The topological polar surface area (TPSA) is 38.8 Å². The number of carbonyl (C=O) groups excluding carboxylic acids is 1. The second-order valence-electron chi connectivity index (χ2n) is 6.06. The summed E-state index contributed by atoms with van der Waals surface area (Å²) >= 11 is 0. The van der Waals surface area contributed by atoms with Crippen LogP contribution >= 0.6 is 0 Å². The SMILES string of the molecule is COc1cc2c3c(cc4ccccc4c3c1OC)N(C(C)=O)CC2. The Kier molecular flexibility index (Phi) is 3.34. The number of amides is 1. The molecule has 1 heterocycles. The molecule has 0 fully saturated rings. The van der Waals surface area contributed by atoms with Crippen LogP contribution in [-0.4, -0.2) is 26.7 Å². The van der Waals surface area contributed by atoms with Crippen LogP contribution in [0.2, 0.25) is 0 Å². The third-order valence-corrected chi connectivity index (χ3v) is 4.81. The first-order valence-corrected chi connectivity index (χ1v) is 8.03. The monoisotopic (exact) mass is 321 g/mol. The predicted molar refractivity (Wildman–Crippen MR) is 96.3 cm³/mol. The molecule has 1 aliphatic heterocycles. The van der Waals surface area contributed by atoms with E-state index in [1.807, 2.05) is 23.1 Å². The molecule has 1 aliphatic rings. The molecule has 0 saturated heterocycles. The predicted octanol–water partition coefficient (Wildman–Crippen LogP) is 3.92. The molecule has 4 rings (SSSR count). The minimum absolute atomic E-state index is 0.0621. The Morgan fingerprint density at radius 1 is 1.08 bits per heavy atom. The lowest BCUT2D eigenvalue weighted by Crippen LogP contribution is -2.33. The average Bonchev–Trinajstić information content (AvgIpc) is 2.60. The van der Waals surface area contributed by atoms with E-state index in [0.717, 1.165) is 45.2 Å². The number of ether oxygens (including phenoxy) is 2. The van der Waals surface area contributed by atoms with E-state index in [2.05, 4.69) is 18.2 Å². The van der Waals surface area contributed by atoms with Crippen LogP contribution in [0.25, 0.3) is 21.5 Å². The van der Waals surface area contributed by atoms with E-state index in [1.54, 1.807) is 21.1 Å². The summed E-state index contributed by atoms with van der Waals surface area (Å²) in [7, 11) is 3.32. The molecule has 1 amide bonds. The van der Waals surface area contributed by atoms with Crippen molar-refractivity contribution in [2.24, 2.45) is 0 Å². The number of hydrogen-bond donors (Lipinski definition) is 0. The molecular weight excluding hydrogens is 302 g/mol. The fourth-order valence-corrected chi connectivity index (χ4v) is 3.76. The molecule has 4 heteroatoms. The summed E-state index contributed by atoms with van der Waals surface area (Å²) in [4.78, 5) is 14.0. The van der Waals surface area contributed by atoms with Gasteiger partial charge in [-0.3, -0.25) is 4.79 Å². The Labute approximate surface area is 140 Å². The van der Waals surface area contributed by atoms with E-state index >= 15 is 0 Å². The van der Waals surface area contributed by atoms with Gasteiger partial charge in [0.1, 0.15) is 0 Å². The molecule has 0 atom stereocenters. The summed E-state index contributed by atoms with van der Waals surface area (Å²) in [5, 5.41) is 4.31. The third-order valence-electron chi connectivity index (χ3n) is 4.81. The second-order valence-corrected chi connectivity index (χ2v) is 6.06. The smallest absolute Gasteiger partial charge is 0.223 e. The van der Waals surface area contributed by atoms with Crippen molar-refractivity contribution in [3.63, 3.8) is 0 Å². The number of hydrogen-bond acceptors (Lipinski definition) is 3. The number of carbonyl (C=O) groups is 1. The lowest BCUT2D eigenvalue weighted by molar-refractivity contribution is -0.116. The van der Waals surface area contributed by atoms with Gasteiger partial charge in [0.25, 0.3) is 0 Å². The quantitative estimate of drug-likeness (QED) is 0.672. The second kappa shape index (κ2) is 5.41. The summed E-state index contributed by atoms with van der Waals surface area (Å²) in [6.45, 7) is 2.30. The van der Waals surface area contributed by atoms with Crippen molar-refractivity contribution < 1.29 is 14.3 Å². The number of rotatable bonds is 2. The van der Waals surface area contributed by atoms with Crippen molar-refractivity contribution in [3.05, 3.63) is 42.0 Å². The van der Waals surface area contributed by atoms with E-state index in [-0.39, 0.29) is 5.91 Å². The summed E-state index contributed by atoms with van der Waals surface area (Å²) < 4.78 is 11.3. The Balaban J connectivity index is 2.25. The van der Waals surface area contributed by atoms with Gasteiger partial charge in [-0.1, -0.05) is 24.3 Å². The first-order valence-electron chi connectivity index (χ1n) is 8.03. The van der Waals surface area contributed by atoms with Gasteiger partial charge < -0.3 is 14.4 Å². The molecule has 0 aromatic heterocycles. The molecule has 122 valence electrons. The van der Waals surface area contributed by atoms with E-state index < -0.39 is 0 Å². The Bertz CT molecular complexity index is 978. The van der Waals surface area contributed by atoms with E-state index in [1.165, 1.54) is 5.56 Å². The van der Waals surface area contributed by atoms with Crippen LogP contribution in [0.5, 0.6) is 11.5 Å². The van der Waals surface area contributed by atoms with Gasteiger partial charge in [0.05, 0.1) is 19.9 Å². The van der Waals surface area contributed by atoms with Crippen molar-refractivity contribution in [2.45, 2.75) is 13.3 Å². The number of benzene rings is 3. The van der Waals surface area contributed by atoms with Crippen LogP contribution in [0.15, 0.2) is 36.4 Å². The lowest BCUT2D eigenvalue weighted by Gasteiger charge is -2.30.